The molecular weight excluding hydrogens is 286 g/mol. The third kappa shape index (κ3) is 1.77. The molecule has 0 saturated heterocycles. The van der Waals surface area contributed by atoms with Crippen molar-refractivity contribution in [1.29, 1.82) is 0 Å². The number of carbonyl (C=O) groups excluding carboxylic acids is 2. The molecule has 0 aromatic heterocycles. The molecular formula is C20H27NO2. The van der Waals surface area contributed by atoms with Gasteiger partial charge in [-0.1, -0.05) is 20.4 Å². The number of hydrogen-bond acceptors (Lipinski definition) is 3. The number of Topliss-reactive ketones (excluding diaryl/α,β-unsaturated/α-hetero) is 2. The quantitative estimate of drug-likeness (QED) is 0.744. The molecule has 0 radical (unpaired) electrons. The highest BCUT2D eigenvalue weighted by atomic mass is 16.1. The molecule has 3 fully saturated rings. The van der Waals surface area contributed by atoms with Gasteiger partial charge in [0.1, 0.15) is 5.78 Å². The van der Waals surface area contributed by atoms with Crippen molar-refractivity contribution in [3.63, 3.8) is 0 Å². The van der Waals surface area contributed by atoms with Crippen molar-refractivity contribution < 1.29 is 9.59 Å². The largest absolute Gasteiger partial charge is 0.396 e. The van der Waals surface area contributed by atoms with Crippen molar-refractivity contribution in [1.82, 2.24) is 0 Å². The fourth-order valence-electron chi connectivity index (χ4n) is 6.57. The molecule has 4 aliphatic rings. The lowest BCUT2D eigenvalue weighted by Crippen LogP contribution is -2.52. The van der Waals surface area contributed by atoms with Gasteiger partial charge in [-0.2, -0.15) is 0 Å². The fraction of sp³-hybridized carbons (Fsp3) is 0.700. The Labute approximate surface area is 138 Å². The lowest BCUT2D eigenvalue weighted by Gasteiger charge is -2.57. The number of carbonyl (C=O) groups is 2. The first kappa shape index (κ1) is 15.2. The molecule has 3 heteroatoms. The molecule has 0 aromatic rings. The van der Waals surface area contributed by atoms with Gasteiger partial charge in [0.15, 0.2) is 5.78 Å². The summed E-state index contributed by atoms with van der Waals surface area (Å²) < 4.78 is 0. The Kier molecular flexibility index (Phi) is 3.02. The van der Waals surface area contributed by atoms with Gasteiger partial charge in [0.05, 0.1) is 5.70 Å². The molecule has 0 aromatic carbocycles. The van der Waals surface area contributed by atoms with Crippen LogP contribution in [0.15, 0.2) is 23.4 Å². The Balaban J connectivity index is 1.79. The second kappa shape index (κ2) is 4.58. The summed E-state index contributed by atoms with van der Waals surface area (Å²) in [5, 5.41) is 0. The maximum atomic E-state index is 12.4. The Morgan fingerprint density at radius 1 is 1.04 bits per heavy atom. The number of ketones is 2. The van der Waals surface area contributed by atoms with E-state index < -0.39 is 0 Å². The lowest BCUT2D eigenvalue weighted by atomic mass is 9.46. The molecule has 3 saturated carbocycles. The first-order valence-electron chi connectivity index (χ1n) is 9.04. The third-order valence-corrected chi connectivity index (χ3v) is 7.81. The standard InChI is InChI=1S/C20H27NO2/c1-11-10-12-13-4-5-16(23)19(13,2)8-6-14(12)20(3)9-7-15(22)18(21)17(11)20/h12-14H,1,4-10,21H2,2-3H3/t12-,13-,14+,19-,20+/m0/s1. The van der Waals surface area contributed by atoms with E-state index in [2.05, 4.69) is 20.4 Å². The van der Waals surface area contributed by atoms with E-state index in [0.717, 1.165) is 49.7 Å². The van der Waals surface area contributed by atoms with Gasteiger partial charge in [-0.05, 0) is 66.4 Å². The Morgan fingerprint density at radius 3 is 2.48 bits per heavy atom. The molecule has 0 spiro atoms. The van der Waals surface area contributed by atoms with Gasteiger partial charge in [-0.15, -0.1) is 0 Å². The van der Waals surface area contributed by atoms with Crippen LogP contribution in [0.3, 0.4) is 0 Å². The van der Waals surface area contributed by atoms with E-state index in [1.54, 1.807) is 0 Å². The van der Waals surface area contributed by atoms with Crippen LogP contribution in [0.2, 0.25) is 0 Å². The maximum absolute atomic E-state index is 12.4. The van der Waals surface area contributed by atoms with Crippen LogP contribution in [-0.4, -0.2) is 11.6 Å². The third-order valence-electron chi connectivity index (χ3n) is 7.81. The molecule has 3 nitrogen and oxygen atoms in total. The van der Waals surface area contributed by atoms with Crippen LogP contribution in [-0.2, 0) is 9.59 Å². The molecule has 2 N–H and O–H groups in total. The highest BCUT2D eigenvalue weighted by Crippen LogP contribution is 2.65. The molecule has 0 bridgehead atoms. The average molecular weight is 313 g/mol. The van der Waals surface area contributed by atoms with E-state index in [-0.39, 0.29) is 16.6 Å². The van der Waals surface area contributed by atoms with Crippen LogP contribution in [0.1, 0.15) is 58.8 Å². The molecule has 4 rings (SSSR count). The first-order valence-corrected chi connectivity index (χ1v) is 9.04. The van der Waals surface area contributed by atoms with Gasteiger partial charge in [-0.25, -0.2) is 0 Å². The van der Waals surface area contributed by atoms with E-state index in [1.807, 2.05) is 0 Å². The van der Waals surface area contributed by atoms with Crippen LogP contribution in [0, 0.1) is 28.6 Å². The Bertz CT molecular complexity index is 661. The van der Waals surface area contributed by atoms with E-state index in [4.69, 9.17) is 5.73 Å². The summed E-state index contributed by atoms with van der Waals surface area (Å²) in [6.07, 6.45) is 6.23. The minimum absolute atomic E-state index is 0.0229. The van der Waals surface area contributed by atoms with Gasteiger partial charge < -0.3 is 5.73 Å². The predicted molar refractivity (Wildman–Crippen MR) is 89.4 cm³/mol. The Morgan fingerprint density at radius 2 is 1.74 bits per heavy atom. The zero-order chi connectivity index (χ0) is 16.6. The van der Waals surface area contributed by atoms with Crippen molar-refractivity contribution in [3.8, 4) is 0 Å². The summed E-state index contributed by atoms with van der Waals surface area (Å²) >= 11 is 0. The second-order valence-electron chi connectivity index (χ2n) is 8.73. The maximum Gasteiger partial charge on any atom is 0.178 e. The van der Waals surface area contributed by atoms with Crippen LogP contribution in [0.25, 0.3) is 0 Å². The summed E-state index contributed by atoms with van der Waals surface area (Å²) in [5.41, 5.74) is 8.65. The SMILES string of the molecule is C=C1C[C@@H]2[C@@H](CC[C@]3(C)C(=O)CC[C@@H]23)[C@@]2(C)CCC(=O)C(N)=C12. The molecule has 0 aliphatic heterocycles. The Hall–Kier alpha value is -1.38. The first-order chi connectivity index (χ1) is 10.8. The summed E-state index contributed by atoms with van der Waals surface area (Å²) in [6.45, 7) is 8.79. The summed E-state index contributed by atoms with van der Waals surface area (Å²) in [5.74, 6) is 2.12. The van der Waals surface area contributed by atoms with Crippen molar-refractivity contribution in [2.24, 2.45) is 34.3 Å². The van der Waals surface area contributed by atoms with Crippen molar-refractivity contribution in [2.75, 3.05) is 0 Å². The molecule has 4 aliphatic carbocycles. The minimum Gasteiger partial charge on any atom is -0.396 e. The second-order valence-corrected chi connectivity index (χ2v) is 8.73. The van der Waals surface area contributed by atoms with Crippen molar-refractivity contribution in [2.45, 2.75) is 58.8 Å². The zero-order valence-corrected chi connectivity index (χ0v) is 14.3. The van der Waals surface area contributed by atoms with Crippen molar-refractivity contribution in [3.05, 3.63) is 23.4 Å². The van der Waals surface area contributed by atoms with E-state index in [9.17, 15) is 9.59 Å². The molecule has 0 unspecified atom stereocenters. The summed E-state index contributed by atoms with van der Waals surface area (Å²) in [6, 6.07) is 0. The van der Waals surface area contributed by atoms with E-state index in [1.165, 1.54) is 0 Å². The topological polar surface area (TPSA) is 60.2 Å². The van der Waals surface area contributed by atoms with E-state index in [0.29, 0.717) is 35.7 Å². The zero-order valence-electron chi connectivity index (χ0n) is 14.3. The molecule has 0 amide bonds. The monoisotopic (exact) mass is 313 g/mol. The minimum atomic E-state index is -0.116. The van der Waals surface area contributed by atoms with Gasteiger partial charge >= 0.3 is 0 Å². The van der Waals surface area contributed by atoms with Crippen LogP contribution in [0.4, 0.5) is 0 Å². The van der Waals surface area contributed by atoms with E-state index >= 15 is 0 Å². The fourth-order valence-corrected chi connectivity index (χ4v) is 6.57. The van der Waals surface area contributed by atoms with Crippen LogP contribution >= 0.6 is 0 Å². The van der Waals surface area contributed by atoms with Gasteiger partial charge in [0, 0.05) is 18.3 Å². The average Bonchev–Trinajstić information content (AvgIpc) is 2.79. The number of allylic oxidation sites excluding steroid dienone is 2. The van der Waals surface area contributed by atoms with Crippen molar-refractivity contribution >= 4 is 11.6 Å². The summed E-state index contributed by atoms with van der Waals surface area (Å²) in [4.78, 5) is 24.6. The normalized spacial score (nSPS) is 46.5. The smallest absolute Gasteiger partial charge is 0.178 e. The van der Waals surface area contributed by atoms with Gasteiger partial charge in [-0.3, -0.25) is 9.59 Å². The van der Waals surface area contributed by atoms with Gasteiger partial charge in [0.25, 0.3) is 0 Å². The summed E-state index contributed by atoms with van der Waals surface area (Å²) in [7, 11) is 0. The number of nitrogens with two attached hydrogens (primary N) is 1. The number of fused-ring (bicyclic) bond motifs is 5. The number of rotatable bonds is 0. The molecule has 124 valence electrons. The molecule has 23 heavy (non-hydrogen) atoms. The predicted octanol–water partition coefficient (Wildman–Crippen LogP) is 3.54. The highest BCUT2D eigenvalue weighted by Gasteiger charge is 2.60. The highest BCUT2D eigenvalue weighted by molar-refractivity contribution is 5.97. The number of hydrogen-bond donors (Lipinski definition) is 1. The van der Waals surface area contributed by atoms with Crippen LogP contribution in [0.5, 0.6) is 0 Å². The lowest BCUT2D eigenvalue weighted by molar-refractivity contribution is -0.132. The van der Waals surface area contributed by atoms with Gasteiger partial charge in [0.2, 0.25) is 0 Å². The molecule has 5 atom stereocenters. The molecule has 0 heterocycles. The van der Waals surface area contributed by atoms with Crippen LogP contribution < -0.4 is 5.73 Å².